The van der Waals surface area contributed by atoms with Gasteiger partial charge in [-0.05, 0) is 49.4 Å². The largest absolute Gasteiger partial charge is 0.308 e. The van der Waals surface area contributed by atoms with Crippen molar-refractivity contribution in [2.45, 2.75) is 39.0 Å². The summed E-state index contributed by atoms with van der Waals surface area (Å²) in [7, 11) is 0. The summed E-state index contributed by atoms with van der Waals surface area (Å²) in [5.74, 6) is -0.221. The molecule has 0 amide bonds. The summed E-state index contributed by atoms with van der Waals surface area (Å²) < 4.78 is 15.0. The molecule has 0 N–H and O–H groups in total. The Morgan fingerprint density at radius 2 is 1.97 bits per heavy atom. The van der Waals surface area contributed by atoms with Crippen molar-refractivity contribution in [1.29, 1.82) is 0 Å². The van der Waals surface area contributed by atoms with Crippen molar-refractivity contribution in [2.24, 2.45) is 11.8 Å². The van der Waals surface area contributed by atoms with E-state index in [-0.39, 0.29) is 29.1 Å². The van der Waals surface area contributed by atoms with E-state index in [1.807, 2.05) is 26.8 Å². The first-order valence-corrected chi connectivity index (χ1v) is 11.1. The van der Waals surface area contributed by atoms with Gasteiger partial charge in [-0.15, -0.1) is 0 Å². The third kappa shape index (κ3) is 3.19. The highest BCUT2D eigenvalue weighted by Gasteiger charge is 2.49. The van der Waals surface area contributed by atoms with E-state index in [0.717, 1.165) is 28.8 Å². The Hall–Kier alpha value is -3.72. The van der Waals surface area contributed by atoms with Gasteiger partial charge >= 0.3 is 0 Å². The van der Waals surface area contributed by atoms with E-state index in [1.165, 1.54) is 6.07 Å². The molecule has 0 bridgehead atoms. The fourth-order valence-corrected chi connectivity index (χ4v) is 5.47. The number of halogens is 1. The number of ketones is 1. The molecule has 2 aliphatic carbocycles. The normalized spacial score (nSPS) is 23.8. The van der Waals surface area contributed by atoms with Crippen molar-refractivity contribution in [3.05, 3.63) is 88.6 Å². The number of fused-ring (bicyclic) bond motifs is 3. The minimum absolute atomic E-state index is 0.0118. The summed E-state index contributed by atoms with van der Waals surface area (Å²) in [6.45, 7) is 13.4. The quantitative estimate of drug-likeness (QED) is 0.496. The number of carbonyl (C=O) groups is 1. The van der Waals surface area contributed by atoms with Gasteiger partial charge in [0.05, 0.1) is 18.0 Å². The number of benzene rings is 1. The molecule has 0 saturated carbocycles. The number of carbonyl (C=O) groups excluding carboxylic acids is 1. The van der Waals surface area contributed by atoms with Crippen LogP contribution in [0.5, 0.6) is 0 Å². The maximum Gasteiger partial charge on any atom is 0.226 e. The lowest BCUT2D eigenvalue weighted by Gasteiger charge is -2.46. The number of aromatic nitrogens is 3. The van der Waals surface area contributed by atoms with Gasteiger partial charge in [0, 0.05) is 40.4 Å². The van der Waals surface area contributed by atoms with Crippen LogP contribution in [0.1, 0.15) is 37.1 Å². The molecular weight excluding hydrogens is 415 g/mol. The van der Waals surface area contributed by atoms with Gasteiger partial charge in [-0.25, -0.2) is 19.2 Å². The van der Waals surface area contributed by atoms with Gasteiger partial charge in [0.2, 0.25) is 5.70 Å². The van der Waals surface area contributed by atoms with Gasteiger partial charge in [-0.1, -0.05) is 32.1 Å². The number of rotatable bonds is 2. The van der Waals surface area contributed by atoms with E-state index in [9.17, 15) is 9.18 Å². The number of hydrogen-bond acceptors (Lipinski definition) is 4. The second-order valence-corrected chi connectivity index (χ2v) is 9.12. The molecule has 2 heterocycles. The fourth-order valence-electron chi connectivity index (χ4n) is 5.47. The Morgan fingerprint density at radius 3 is 2.70 bits per heavy atom. The van der Waals surface area contributed by atoms with Crippen molar-refractivity contribution in [1.82, 2.24) is 15.0 Å². The molecule has 0 unspecified atom stereocenters. The van der Waals surface area contributed by atoms with Crippen LogP contribution in [0.25, 0.3) is 27.5 Å². The van der Waals surface area contributed by atoms with Gasteiger partial charge in [-0.2, -0.15) is 0 Å². The van der Waals surface area contributed by atoms with E-state index in [4.69, 9.17) is 16.5 Å². The smallest absolute Gasteiger partial charge is 0.226 e. The van der Waals surface area contributed by atoms with Gasteiger partial charge < -0.3 is 4.79 Å². The Kier molecular flexibility index (Phi) is 4.93. The van der Waals surface area contributed by atoms with Gasteiger partial charge in [0.15, 0.2) is 11.6 Å². The van der Waals surface area contributed by atoms with Crippen LogP contribution < -0.4 is 0 Å². The van der Waals surface area contributed by atoms with Crippen LogP contribution in [-0.4, -0.2) is 20.7 Å². The molecule has 2 aromatic heterocycles. The molecular formula is C27H23FN4O. The highest BCUT2D eigenvalue weighted by Crippen LogP contribution is 2.51. The first-order chi connectivity index (χ1) is 15.8. The molecule has 0 radical (unpaired) electrons. The van der Waals surface area contributed by atoms with Crippen LogP contribution in [0.2, 0.25) is 0 Å². The zero-order valence-corrected chi connectivity index (χ0v) is 18.8. The molecule has 5 nitrogen and oxygen atoms in total. The van der Waals surface area contributed by atoms with Crippen molar-refractivity contribution in [2.75, 3.05) is 0 Å². The molecule has 0 fully saturated rings. The summed E-state index contributed by atoms with van der Waals surface area (Å²) >= 11 is 0. The number of aryl methyl sites for hydroxylation is 1. The Balaban J connectivity index is 1.85. The molecule has 164 valence electrons. The lowest BCUT2D eigenvalue weighted by Crippen LogP contribution is -2.46. The summed E-state index contributed by atoms with van der Waals surface area (Å²) in [5.41, 5.74) is 3.94. The van der Waals surface area contributed by atoms with Gasteiger partial charge in [0.25, 0.3) is 0 Å². The summed E-state index contributed by atoms with van der Waals surface area (Å²) in [6.07, 6.45) is 6.62. The van der Waals surface area contributed by atoms with Gasteiger partial charge in [0.1, 0.15) is 5.82 Å². The summed E-state index contributed by atoms with van der Waals surface area (Å²) in [6, 6.07) is 8.50. The van der Waals surface area contributed by atoms with Crippen LogP contribution in [0.4, 0.5) is 4.39 Å². The van der Waals surface area contributed by atoms with E-state index >= 15 is 0 Å². The maximum atomic E-state index is 15.0. The predicted molar refractivity (Wildman–Crippen MR) is 123 cm³/mol. The molecule has 1 aromatic carbocycles. The van der Waals surface area contributed by atoms with E-state index in [0.29, 0.717) is 23.5 Å². The monoisotopic (exact) mass is 438 g/mol. The lowest BCUT2D eigenvalue weighted by molar-refractivity contribution is -0.121. The van der Waals surface area contributed by atoms with Crippen LogP contribution in [0.15, 0.2) is 54.5 Å². The van der Waals surface area contributed by atoms with Crippen molar-refractivity contribution in [3.63, 3.8) is 0 Å². The van der Waals surface area contributed by atoms with Crippen molar-refractivity contribution >= 4 is 5.78 Å². The van der Waals surface area contributed by atoms with Gasteiger partial charge in [-0.3, -0.25) is 4.98 Å². The second kappa shape index (κ2) is 7.70. The molecule has 3 atom stereocenters. The molecule has 0 aliphatic heterocycles. The summed E-state index contributed by atoms with van der Waals surface area (Å²) in [4.78, 5) is 30.4. The average molecular weight is 439 g/mol. The average Bonchev–Trinajstić information content (AvgIpc) is 2.82. The van der Waals surface area contributed by atoms with Crippen LogP contribution >= 0.6 is 0 Å². The van der Waals surface area contributed by atoms with Crippen LogP contribution in [0, 0.1) is 31.1 Å². The number of pyridine rings is 1. The first kappa shape index (κ1) is 21.1. The Morgan fingerprint density at radius 1 is 1.18 bits per heavy atom. The Bertz CT molecular complexity index is 1370. The number of nitrogens with zero attached hydrogens (tertiary/aromatic N) is 4. The third-order valence-electron chi connectivity index (χ3n) is 7.21. The highest BCUT2D eigenvalue weighted by molar-refractivity contribution is 6.00. The molecule has 33 heavy (non-hydrogen) atoms. The topological polar surface area (TPSA) is 60.1 Å². The minimum atomic E-state index is -0.626. The maximum absolute atomic E-state index is 15.0. The van der Waals surface area contributed by atoms with Crippen LogP contribution in [0.3, 0.4) is 0 Å². The second-order valence-electron chi connectivity index (χ2n) is 9.12. The third-order valence-corrected chi connectivity index (χ3v) is 7.21. The lowest BCUT2D eigenvalue weighted by atomic mass is 9.58. The van der Waals surface area contributed by atoms with Crippen molar-refractivity contribution in [3.8, 4) is 22.6 Å². The van der Waals surface area contributed by atoms with Crippen LogP contribution in [-0.2, 0) is 16.6 Å². The molecule has 0 spiro atoms. The van der Waals surface area contributed by atoms with E-state index in [2.05, 4.69) is 9.83 Å². The highest BCUT2D eigenvalue weighted by atomic mass is 19.1. The number of allylic oxidation sites excluding steroid dienone is 2. The standard InChI is InChI=1S/C27H23FN4O/c1-15-14-30-12-11-17(15)26-31-23(18-7-5-6-8-21(18)28)19-9-10-20-16(2)24(33)22(29-4)13-27(20,3)25(19)32-26/h5-8,11-14,16,20H,9-10H2,1-3H3/t16-,20-,27-/m1/s1. The molecule has 3 aromatic rings. The SMILES string of the molecule is [C-]#[N+]C1=C[C@@]2(C)c3nc(-c4ccncc4C)nc(-c4ccccc4F)c3CC[C@@H]2[C@@H](C)C1=O. The molecule has 2 aliphatic rings. The number of Topliss-reactive ketones (excluding diaryl/α,β-unsaturated/α-hetero) is 1. The molecule has 5 rings (SSSR count). The zero-order valence-electron chi connectivity index (χ0n) is 18.8. The molecule has 6 heteroatoms. The first-order valence-electron chi connectivity index (χ1n) is 11.1. The minimum Gasteiger partial charge on any atom is -0.308 e. The van der Waals surface area contributed by atoms with Crippen molar-refractivity contribution < 1.29 is 9.18 Å². The zero-order chi connectivity index (χ0) is 23.3. The fraction of sp³-hybridized carbons (Fsp3) is 0.296. The predicted octanol–water partition coefficient (Wildman–Crippen LogP) is 5.50. The van der Waals surface area contributed by atoms with E-state index in [1.54, 1.807) is 36.7 Å². The molecule has 0 saturated heterocycles. The Labute approximate surface area is 192 Å². The number of hydrogen-bond donors (Lipinski definition) is 0. The summed E-state index contributed by atoms with van der Waals surface area (Å²) in [5, 5.41) is 0. The van der Waals surface area contributed by atoms with E-state index < -0.39 is 5.41 Å².